The van der Waals surface area contributed by atoms with Crippen LogP contribution in [0.5, 0.6) is 0 Å². The Morgan fingerprint density at radius 2 is 1.96 bits per heavy atom. The summed E-state index contributed by atoms with van der Waals surface area (Å²) in [4.78, 5) is 21.9. The molecule has 1 aromatic carbocycles. The van der Waals surface area contributed by atoms with Gasteiger partial charge >= 0.3 is 0 Å². The highest BCUT2D eigenvalue weighted by atomic mass is 16.3. The van der Waals surface area contributed by atoms with Gasteiger partial charge in [-0.05, 0) is 44.7 Å². The van der Waals surface area contributed by atoms with Gasteiger partial charge in [-0.1, -0.05) is 17.7 Å². The lowest BCUT2D eigenvalue weighted by Crippen LogP contribution is -2.39. The van der Waals surface area contributed by atoms with Crippen molar-refractivity contribution in [2.24, 2.45) is 0 Å². The van der Waals surface area contributed by atoms with E-state index in [1.165, 1.54) is 5.56 Å². The van der Waals surface area contributed by atoms with E-state index in [9.17, 15) is 9.90 Å². The Morgan fingerprint density at radius 3 is 2.65 bits per heavy atom. The minimum atomic E-state index is -0.389. The molecule has 136 valence electrons. The number of aliphatic hydroxyl groups excluding tert-OH is 1. The molecule has 1 fully saturated rings. The summed E-state index contributed by atoms with van der Waals surface area (Å²) in [6, 6.07) is 4.21. The lowest BCUT2D eigenvalue weighted by Gasteiger charge is -2.30. The van der Waals surface area contributed by atoms with Crippen molar-refractivity contribution in [3.8, 4) is 5.69 Å². The SMILES string of the molecule is Cc1cc(C)c(-n2cc3c(=O)[nH]c(N4CCCC(O)C4)nc3n2)c(C)c1. The molecule has 2 N–H and O–H groups in total. The Hall–Kier alpha value is -2.67. The number of rotatable bonds is 2. The van der Waals surface area contributed by atoms with Crippen molar-refractivity contribution in [1.82, 2.24) is 19.7 Å². The van der Waals surface area contributed by atoms with E-state index in [1.807, 2.05) is 18.7 Å². The molecule has 1 aliphatic rings. The standard InChI is InChI=1S/C19H23N5O2/c1-11-7-12(2)16(13(3)8-11)24-10-15-17(22-24)20-19(21-18(15)26)23-6-4-5-14(25)9-23/h7-8,10,14,25H,4-6,9H2,1-3H3,(H,20,21,22,26). The number of nitrogens with zero attached hydrogens (tertiary/aromatic N) is 4. The van der Waals surface area contributed by atoms with Crippen LogP contribution in [-0.2, 0) is 0 Å². The van der Waals surface area contributed by atoms with Gasteiger partial charge in [0.2, 0.25) is 5.95 Å². The lowest BCUT2D eigenvalue weighted by molar-refractivity contribution is 0.153. The third-order valence-corrected chi connectivity index (χ3v) is 4.94. The quantitative estimate of drug-likeness (QED) is 0.736. The highest BCUT2D eigenvalue weighted by Gasteiger charge is 2.21. The van der Waals surface area contributed by atoms with Crippen molar-refractivity contribution in [3.05, 3.63) is 45.4 Å². The molecule has 0 amide bonds. The van der Waals surface area contributed by atoms with Crippen LogP contribution in [0, 0.1) is 20.8 Å². The van der Waals surface area contributed by atoms with Crippen LogP contribution >= 0.6 is 0 Å². The Morgan fingerprint density at radius 1 is 1.23 bits per heavy atom. The van der Waals surface area contributed by atoms with Crippen molar-refractivity contribution in [1.29, 1.82) is 0 Å². The smallest absolute Gasteiger partial charge is 0.263 e. The van der Waals surface area contributed by atoms with E-state index in [4.69, 9.17) is 0 Å². The molecule has 0 aliphatic carbocycles. The number of benzene rings is 1. The van der Waals surface area contributed by atoms with Gasteiger partial charge in [0.1, 0.15) is 5.39 Å². The molecule has 3 heterocycles. The number of fused-ring (bicyclic) bond motifs is 1. The van der Waals surface area contributed by atoms with Crippen LogP contribution in [0.3, 0.4) is 0 Å². The van der Waals surface area contributed by atoms with E-state index >= 15 is 0 Å². The molecule has 7 nitrogen and oxygen atoms in total. The number of nitrogens with one attached hydrogen (secondary N) is 1. The largest absolute Gasteiger partial charge is 0.391 e. The van der Waals surface area contributed by atoms with Crippen LogP contribution < -0.4 is 10.5 Å². The second-order valence-corrected chi connectivity index (χ2v) is 7.19. The summed E-state index contributed by atoms with van der Waals surface area (Å²) in [5, 5.41) is 14.9. The summed E-state index contributed by atoms with van der Waals surface area (Å²) in [7, 11) is 0. The maximum atomic E-state index is 12.6. The number of aryl methyl sites for hydroxylation is 3. The molecule has 26 heavy (non-hydrogen) atoms. The molecule has 0 saturated carbocycles. The first-order valence-corrected chi connectivity index (χ1v) is 8.93. The number of hydrogen-bond acceptors (Lipinski definition) is 5. The number of piperidine rings is 1. The van der Waals surface area contributed by atoms with Gasteiger partial charge in [0.15, 0.2) is 5.65 Å². The molecule has 1 unspecified atom stereocenters. The van der Waals surface area contributed by atoms with Crippen molar-refractivity contribution in [3.63, 3.8) is 0 Å². The molecule has 1 aliphatic heterocycles. The fraction of sp³-hybridized carbons (Fsp3) is 0.421. The molecule has 0 bridgehead atoms. The van der Waals surface area contributed by atoms with Crippen LogP contribution in [0.1, 0.15) is 29.5 Å². The van der Waals surface area contributed by atoms with Crippen molar-refractivity contribution in [2.45, 2.75) is 39.7 Å². The lowest BCUT2D eigenvalue weighted by atomic mass is 10.1. The number of hydrogen-bond donors (Lipinski definition) is 2. The van der Waals surface area contributed by atoms with Gasteiger partial charge in [0.05, 0.1) is 11.8 Å². The molecule has 4 rings (SSSR count). The fourth-order valence-electron chi connectivity index (χ4n) is 3.85. The number of β-amino-alcohol motifs (C(OH)–C–C–N with tert-alkyl or cyclic N) is 1. The summed E-state index contributed by atoms with van der Waals surface area (Å²) < 4.78 is 1.74. The van der Waals surface area contributed by atoms with Crippen LogP contribution in [-0.4, -0.2) is 44.0 Å². The monoisotopic (exact) mass is 353 g/mol. The first kappa shape index (κ1) is 16.8. The molecule has 3 aromatic rings. The van der Waals surface area contributed by atoms with E-state index in [0.717, 1.165) is 36.2 Å². The average molecular weight is 353 g/mol. The summed E-state index contributed by atoms with van der Waals surface area (Å²) >= 11 is 0. The minimum Gasteiger partial charge on any atom is -0.391 e. The van der Waals surface area contributed by atoms with Crippen molar-refractivity contribution in [2.75, 3.05) is 18.0 Å². The zero-order valence-corrected chi connectivity index (χ0v) is 15.3. The maximum Gasteiger partial charge on any atom is 0.263 e. The topological polar surface area (TPSA) is 87.0 Å². The molecule has 1 atom stereocenters. The Labute approximate surface area is 151 Å². The van der Waals surface area contributed by atoms with E-state index < -0.39 is 0 Å². The second-order valence-electron chi connectivity index (χ2n) is 7.19. The van der Waals surface area contributed by atoms with E-state index in [0.29, 0.717) is 23.5 Å². The van der Waals surface area contributed by atoms with Gasteiger partial charge in [-0.15, -0.1) is 5.10 Å². The average Bonchev–Trinajstić information content (AvgIpc) is 2.98. The summed E-state index contributed by atoms with van der Waals surface area (Å²) in [5.41, 5.74) is 4.59. The second kappa shape index (κ2) is 6.25. The molecular weight excluding hydrogens is 330 g/mol. The van der Waals surface area contributed by atoms with Gasteiger partial charge in [-0.25, -0.2) is 4.68 Å². The zero-order chi connectivity index (χ0) is 18.4. The normalized spacial score (nSPS) is 17.8. The number of H-pyrrole nitrogens is 1. The summed E-state index contributed by atoms with van der Waals surface area (Å²) in [6.45, 7) is 7.39. The predicted octanol–water partition coefficient (Wildman–Crippen LogP) is 2.00. The third kappa shape index (κ3) is 2.88. The number of aliphatic hydroxyl groups is 1. The zero-order valence-electron chi connectivity index (χ0n) is 15.3. The highest BCUT2D eigenvalue weighted by molar-refractivity contribution is 5.75. The first-order chi connectivity index (χ1) is 12.4. The van der Waals surface area contributed by atoms with E-state index in [-0.39, 0.29) is 11.7 Å². The van der Waals surface area contributed by atoms with E-state index in [2.05, 4.69) is 34.1 Å². The molecule has 7 heteroatoms. The van der Waals surface area contributed by atoms with Crippen molar-refractivity contribution >= 4 is 17.0 Å². The predicted molar refractivity (Wildman–Crippen MR) is 101 cm³/mol. The summed E-state index contributed by atoms with van der Waals surface area (Å²) in [6.07, 6.45) is 3.00. The first-order valence-electron chi connectivity index (χ1n) is 8.93. The van der Waals surface area contributed by atoms with Gasteiger partial charge in [0, 0.05) is 19.3 Å². The molecule has 0 spiro atoms. The number of aromatic nitrogens is 4. The van der Waals surface area contributed by atoms with Crippen LogP contribution in [0.2, 0.25) is 0 Å². The van der Waals surface area contributed by atoms with Gasteiger partial charge in [-0.3, -0.25) is 9.78 Å². The van der Waals surface area contributed by atoms with Gasteiger partial charge in [-0.2, -0.15) is 4.98 Å². The molecule has 2 aromatic heterocycles. The van der Waals surface area contributed by atoms with Gasteiger partial charge < -0.3 is 10.0 Å². The Balaban J connectivity index is 1.81. The minimum absolute atomic E-state index is 0.210. The van der Waals surface area contributed by atoms with Crippen LogP contribution in [0.25, 0.3) is 16.7 Å². The molecular formula is C19H23N5O2. The van der Waals surface area contributed by atoms with E-state index in [1.54, 1.807) is 10.9 Å². The number of anilines is 1. The van der Waals surface area contributed by atoms with Crippen LogP contribution in [0.4, 0.5) is 5.95 Å². The molecule has 1 saturated heterocycles. The Kier molecular flexibility index (Phi) is 4.03. The number of aromatic amines is 1. The summed E-state index contributed by atoms with van der Waals surface area (Å²) in [5.74, 6) is 0.476. The fourth-order valence-corrected chi connectivity index (χ4v) is 3.85. The van der Waals surface area contributed by atoms with Gasteiger partial charge in [0.25, 0.3) is 5.56 Å². The molecule has 0 radical (unpaired) electrons. The van der Waals surface area contributed by atoms with Crippen LogP contribution in [0.15, 0.2) is 23.1 Å². The maximum absolute atomic E-state index is 12.6. The third-order valence-electron chi connectivity index (χ3n) is 4.94. The van der Waals surface area contributed by atoms with Crippen molar-refractivity contribution < 1.29 is 5.11 Å². The highest BCUT2D eigenvalue weighted by Crippen LogP contribution is 2.22. The Bertz CT molecular complexity index is 1010.